The highest BCUT2D eigenvalue weighted by Gasteiger charge is 2.27. The van der Waals surface area contributed by atoms with Gasteiger partial charge in [0.15, 0.2) is 0 Å². The molecule has 0 aromatic rings. The second kappa shape index (κ2) is 2.30. The van der Waals surface area contributed by atoms with Crippen LogP contribution >= 0.6 is 0 Å². The molecule has 0 atom stereocenters. The summed E-state index contributed by atoms with van der Waals surface area (Å²) < 4.78 is 0. The summed E-state index contributed by atoms with van der Waals surface area (Å²) in [6.45, 7) is 1.00. The van der Waals surface area contributed by atoms with Crippen molar-refractivity contribution in [3.8, 4) is 0 Å². The van der Waals surface area contributed by atoms with Gasteiger partial charge in [-0.15, -0.1) is 5.53 Å². The topological polar surface area (TPSA) is 38.7 Å². The molecule has 2 aliphatic heterocycles. The highest BCUT2D eigenvalue weighted by atomic mass is 16.3. The summed E-state index contributed by atoms with van der Waals surface area (Å²) in [7, 11) is 1.82. The van der Waals surface area contributed by atoms with E-state index >= 15 is 0 Å². The predicted octanol–water partition coefficient (Wildman–Crippen LogP) is 0.564. The van der Waals surface area contributed by atoms with Gasteiger partial charge in [-0.1, -0.05) is 0 Å². The molecule has 1 saturated heterocycles. The van der Waals surface area contributed by atoms with Crippen LogP contribution in [0.25, 0.3) is 0 Å². The number of hydrogen-bond acceptors (Lipinski definition) is 4. The van der Waals surface area contributed by atoms with Gasteiger partial charge in [-0.2, -0.15) is 0 Å². The summed E-state index contributed by atoms with van der Waals surface area (Å²) in [6, 6.07) is 0. The number of aliphatic hydroxyl groups is 1. The molecular weight excluding hydrogens is 142 g/mol. The van der Waals surface area contributed by atoms with Crippen LogP contribution in [0.2, 0.25) is 0 Å². The molecule has 2 aliphatic rings. The van der Waals surface area contributed by atoms with E-state index < -0.39 is 0 Å². The molecule has 1 fully saturated rings. The van der Waals surface area contributed by atoms with Gasteiger partial charge in [0.2, 0.25) is 5.88 Å². The van der Waals surface area contributed by atoms with Crippen molar-refractivity contribution in [2.75, 3.05) is 13.6 Å². The number of fused-ring (bicyclic) bond motifs is 1. The fourth-order valence-electron chi connectivity index (χ4n) is 1.60. The SMILES string of the molecule is CN1NN2CCCCC2=C1O. The van der Waals surface area contributed by atoms with Crippen molar-refractivity contribution < 1.29 is 5.11 Å². The van der Waals surface area contributed by atoms with Crippen molar-refractivity contribution in [2.45, 2.75) is 19.3 Å². The maximum atomic E-state index is 9.49. The molecule has 0 aromatic heterocycles. The Morgan fingerprint density at radius 2 is 2.27 bits per heavy atom. The summed E-state index contributed by atoms with van der Waals surface area (Å²) in [5.74, 6) is 0.379. The van der Waals surface area contributed by atoms with Gasteiger partial charge in [-0.05, 0) is 19.3 Å². The molecule has 0 radical (unpaired) electrons. The first-order chi connectivity index (χ1) is 5.29. The Hall–Kier alpha value is -0.900. The van der Waals surface area contributed by atoms with Crippen LogP contribution in [0.4, 0.5) is 0 Å². The van der Waals surface area contributed by atoms with E-state index in [0.717, 1.165) is 18.7 Å². The number of hydrazine groups is 2. The minimum absolute atomic E-state index is 0.379. The van der Waals surface area contributed by atoms with Gasteiger partial charge in [0.25, 0.3) is 0 Å². The molecule has 2 rings (SSSR count). The van der Waals surface area contributed by atoms with Crippen LogP contribution < -0.4 is 5.53 Å². The number of nitrogens with one attached hydrogen (secondary N) is 1. The minimum Gasteiger partial charge on any atom is -0.492 e. The highest BCUT2D eigenvalue weighted by molar-refractivity contribution is 5.09. The van der Waals surface area contributed by atoms with Crippen molar-refractivity contribution in [3.63, 3.8) is 0 Å². The van der Waals surface area contributed by atoms with Gasteiger partial charge < -0.3 is 5.11 Å². The molecular formula is C7H13N3O. The maximum Gasteiger partial charge on any atom is 0.224 e. The van der Waals surface area contributed by atoms with E-state index in [1.54, 1.807) is 5.01 Å². The van der Waals surface area contributed by atoms with Crippen molar-refractivity contribution in [2.24, 2.45) is 0 Å². The fourth-order valence-corrected chi connectivity index (χ4v) is 1.60. The van der Waals surface area contributed by atoms with E-state index in [0.29, 0.717) is 5.88 Å². The molecule has 0 aliphatic carbocycles. The first-order valence-corrected chi connectivity index (χ1v) is 3.99. The third kappa shape index (κ3) is 0.939. The third-order valence-corrected chi connectivity index (χ3v) is 2.22. The Balaban J connectivity index is 2.22. The minimum atomic E-state index is 0.379. The lowest BCUT2D eigenvalue weighted by atomic mass is 10.1. The van der Waals surface area contributed by atoms with Crippen LogP contribution in [0.1, 0.15) is 19.3 Å². The van der Waals surface area contributed by atoms with Crippen molar-refractivity contribution >= 4 is 0 Å². The molecule has 4 nitrogen and oxygen atoms in total. The standard InChI is InChI=1S/C7H13N3O/c1-9-7(11)6-4-2-3-5-10(6)8-9/h8,11H,2-5H2,1H3. The molecule has 2 N–H and O–H groups in total. The van der Waals surface area contributed by atoms with Crippen LogP contribution in [0.3, 0.4) is 0 Å². The molecule has 62 valence electrons. The number of nitrogens with zero attached hydrogens (tertiary/aromatic N) is 2. The molecule has 0 aromatic carbocycles. The molecule has 4 heteroatoms. The molecule has 2 heterocycles. The first kappa shape index (κ1) is 6.79. The number of aliphatic hydroxyl groups excluding tert-OH is 1. The molecule has 0 unspecified atom stereocenters. The number of rotatable bonds is 0. The zero-order chi connectivity index (χ0) is 7.84. The van der Waals surface area contributed by atoms with Crippen molar-refractivity contribution in [3.05, 3.63) is 11.6 Å². The van der Waals surface area contributed by atoms with Crippen LogP contribution in [-0.2, 0) is 0 Å². The van der Waals surface area contributed by atoms with E-state index in [1.807, 2.05) is 12.1 Å². The van der Waals surface area contributed by atoms with E-state index in [2.05, 4.69) is 5.53 Å². The molecule has 0 bridgehead atoms. The third-order valence-electron chi connectivity index (χ3n) is 2.22. The second-order valence-electron chi connectivity index (χ2n) is 3.04. The largest absolute Gasteiger partial charge is 0.492 e. The molecule has 11 heavy (non-hydrogen) atoms. The van der Waals surface area contributed by atoms with Gasteiger partial charge in [0.05, 0.1) is 5.70 Å². The Morgan fingerprint density at radius 3 is 3.00 bits per heavy atom. The second-order valence-corrected chi connectivity index (χ2v) is 3.04. The van der Waals surface area contributed by atoms with Crippen LogP contribution in [-0.4, -0.2) is 28.7 Å². The van der Waals surface area contributed by atoms with Crippen molar-refractivity contribution in [1.29, 1.82) is 0 Å². The van der Waals surface area contributed by atoms with E-state index in [9.17, 15) is 5.11 Å². The Labute approximate surface area is 66.0 Å². The number of allylic oxidation sites excluding steroid dienone is 1. The summed E-state index contributed by atoms with van der Waals surface area (Å²) in [5.41, 5.74) is 4.09. The normalized spacial score (nSPS) is 24.5. The molecule has 0 saturated carbocycles. The lowest BCUT2D eigenvalue weighted by Crippen LogP contribution is -2.40. The Kier molecular flexibility index (Phi) is 1.42. The van der Waals surface area contributed by atoms with Crippen LogP contribution in [0, 0.1) is 0 Å². The maximum absolute atomic E-state index is 9.49. The lowest BCUT2D eigenvalue weighted by Gasteiger charge is -2.25. The Bertz CT molecular complexity index is 202. The molecule has 0 spiro atoms. The van der Waals surface area contributed by atoms with Crippen LogP contribution in [0.15, 0.2) is 11.6 Å². The summed E-state index contributed by atoms with van der Waals surface area (Å²) >= 11 is 0. The zero-order valence-electron chi connectivity index (χ0n) is 6.67. The monoisotopic (exact) mass is 155 g/mol. The molecule has 0 amide bonds. The predicted molar refractivity (Wildman–Crippen MR) is 41.1 cm³/mol. The van der Waals surface area contributed by atoms with E-state index in [1.165, 1.54) is 12.8 Å². The number of hydrogen-bond donors (Lipinski definition) is 2. The van der Waals surface area contributed by atoms with Gasteiger partial charge in [-0.3, -0.25) is 10.0 Å². The van der Waals surface area contributed by atoms with Gasteiger partial charge in [0, 0.05) is 13.6 Å². The van der Waals surface area contributed by atoms with Gasteiger partial charge in [0.1, 0.15) is 0 Å². The van der Waals surface area contributed by atoms with Crippen molar-refractivity contribution in [1.82, 2.24) is 15.6 Å². The average Bonchev–Trinajstić information content (AvgIpc) is 2.30. The van der Waals surface area contributed by atoms with Gasteiger partial charge in [-0.25, -0.2) is 0 Å². The Morgan fingerprint density at radius 1 is 1.45 bits per heavy atom. The smallest absolute Gasteiger partial charge is 0.224 e. The summed E-state index contributed by atoms with van der Waals surface area (Å²) in [5, 5.41) is 13.2. The average molecular weight is 155 g/mol. The summed E-state index contributed by atoms with van der Waals surface area (Å²) in [4.78, 5) is 0. The van der Waals surface area contributed by atoms with E-state index in [4.69, 9.17) is 0 Å². The van der Waals surface area contributed by atoms with E-state index in [-0.39, 0.29) is 0 Å². The summed E-state index contributed by atoms with van der Waals surface area (Å²) in [6.07, 6.45) is 3.38. The quantitative estimate of drug-likeness (QED) is 0.536. The zero-order valence-corrected chi connectivity index (χ0v) is 6.67. The lowest BCUT2D eigenvalue weighted by molar-refractivity contribution is 0.106. The van der Waals surface area contributed by atoms with Crippen LogP contribution in [0.5, 0.6) is 0 Å². The highest BCUT2D eigenvalue weighted by Crippen LogP contribution is 2.25. The first-order valence-electron chi connectivity index (χ1n) is 3.99. The van der Waals surface area contributed by atoms with Gasteiger partial charge >= 0.3 is 0 Å². The fraction of sp³-hybridized carbons (Fsp3) is 0.714. The number of piperidine rings is 1.